The van der Waals surface area contributed by atoms with Crippen LogP contribution in [0, 0.1) is 0 Å². The maximum absolute atomic E-state index is 10.8. The summed E-state index contributed by atoms with van der Waals surface area (Å²) in [6.45, 7) is 1.13. The van der Waals surface area contributed by atoms with Crippen molar-refractivity contribution >= 4 is 5.97 Å². The molecule has 0 bridgehead atoms. The molecule has 0 saturated carbocycles. The largest absolute Gasteiger partial charge is 0.468 e. The Hall–Kier alpha value is -1.35. The molecule has 0 aliphatic heterocycles. The lowest BCUT2D eigenvalue weighted by atomic mass is 10.1. The van der Waals surface area contributed by atoms with E-state index >= 15 is 0 Å². The van der Waals surface area contributed by atoms with Gasteiger partial charge in [-0.05, 0) is 24.9 Å². The molecule has 15 heavy (non-hydrogen) atoms. The van der Waals surface area contributed by atoms with Gasteiger partial charge in [0.2, 0.25) is 0 Å². The van der Waals surface area contributed by atoms with Gasteiger partial charge in [0.15, 0.2) is 0 Å². The molecule has 0 heterocycles. The predicted octanol–water partition coefficient (Wildman–Crippen LogP) is 1.38. The van der Waals surface area contributed by atoms with Gasteiger partial charge in [-0.15, -0.1) is 0 Å². The van der Waals surface area contributed by atoms with Gasteiger partial charge in [0, 0.05) is 0 Å². The molecule has 0 aliphatic rings. The second-order valence-electron chi connectivity index (χ2n) is 3.34. The van der Waals surface area contributed by atoms with Crippen LogP contribution in [0.1, 0.15) is 12.0 Å². The molecule has 0 aliphatic carbocycles. The Labute approximate surface area is 90.4 Å². The number of carbonyl (C=O) groups excluding carboxylic acids is 1. The molecular formula is C12H17NO2. The highest BCUT2D eigenvalue weighted by Crippen LogP contribution is 2.01. The van der Waals surface area contributed by atoms with E-state index < -0.39 is 0 Å². The molecule has 0 aromatic heterocycles. The summed E-state index contributed by atoms with van der Waals surface area (Å²) < 4.78 is 4.51. The minimum atomic E-state index is -0.213. The topological polar surface area (TPSA) is 38.3 Å². The fourth-order valence-electron chi connectivity index (χ4n) is 1.32. The highest BCUT2D eigenvalue weighted by molar-refractivity contribution is 5.71. The van der Waals surface area contributed by atoms with Crippen molar-refractivity contribution in [3.63, 3.8) is 0 Å². The molecule has 82 valence electrons. The van der Waals surface area contributed by atoms with E-state index in [4.69, 9.17) is 0 Å². The summed E-state index contributed by atoms with van der Waals surface area (Å²) >= 11 is 0. The highest BCUT2D eigenvalue weighted by atomic mass is 16.5. The molecule has 0 fully saturated rings. The number of methoxy groups -OCH3 is 1. The summed E-state index contributed by atoms with van der Waals surface area (Å²) in [6, 6.07) is 10.3. The molecule has 0 spiro atoms. The monoisotopic (exact) mass is 207 g/mol. The maximum atomic E-state index is 10.8. The van der Waals surface area contributed by atoms with Gasteiger partial charge < -0.3 is 10.1 Å². The first-order chi connectivity index (χ1) is 7.33. The number of carbonyl (C=O) groups is 1. The first kappa shape index (κ1) is 11.7. The normalized spacial score (nSPS) is 9.93. The third-order valence-corrected chi connectivity index (χ3v) is 2.16. The molecule has 0 saturated heterocycles. The van der Waals surface area contributed by atoms with Gasteiger partial charge in [-0.1, -0.05) is 30.3 Å². The van der Waals surface area contributed by atoms with Gasteiger partial charge in [-0.25, -0.2) is 0 Å². The average molecular weight is 207 g/mol. The second kappa shape index (κ2) is 7.01. The zero-order valence-electron chi connectivity index (χ0n) is 9.03. The predicted molar refractivity (Wildman–Crippen MR) is 59.6 cm³/mol. The van der Waals surface area contributed by atoms with E-state index in [2.05, 4.69) is 22.2 Å². The van der Waals surface area contributed by atoms with Crippen LogP contribution in [0.25, 0.3) is 0 Å². The van der Waals surface area contributed by atoms with E-state index in [1.54, 1.807) is 0 Å². The lowest BCUT2D eigenvalue weighted by molar-refractivity contribution is -0.139. The fourth-order valence-corrected chi connectivity index (χ4v) is 1.32. The smallest absolute Gasteiger partial charge is 0.319 e. The first-order valence-electron chi connectivity index (χ1n) is 5.14. The number of rotatable bonds is 6. The molecule has 1 aromatic carbocycles. The van der Waals surface area contributed by atoms with Crippen LogP contribution < -0.4 is 5.32 Å². The van der Waals surface area contributed by atoms with Crippen molar-refractivity contribution in [3.8, 4) is 0 Å². The van der Waals surface area contributed by atoms with Gasteiger partial charge in [0.05, 0.1) is 13.7 Å². The first-order valence-corrected chi connectivity index (χ1v) is 5.14. The summed E-state index contributed by atoms with van der Waals surface area (Å²) in [7, 11) is 1.40. The van der Waals surface area contributed by atoms with Gasteiger partial charge >= 0.3 is 5.97 Å². The van der Waals surface area contributed by atoms with Crippen molar-refractivity contribution in [2.45, 2.75) is 12.8 Å². The lowest BCUT2D eigenvalue weighted by Crippen LogP contribution is -2.25. The summed E-state index contributed by atoms with van der Waals surface area (Å²) in [5.74, 6) is -0.213. The van der Waals surface area contributed by atoms with E-state index in [0.29, 0.717) is 6.54 Å². The van der Waals surface area contributed by atoms with Crippen LogP contribution in [0.5, 0.6) is 0 Å². The quantitative estimate of drug-likeness (QED) is 0.566. The molecule has 0 unspecified atom stereocenters. The number of esters is 1. The van der Waals surface area contributed by atoms with Crippen LogP contribution in [0.4, 0.5) is 0 Å². The van der Waals surface area contributed by atoms with Crippen molar-refractivity contribution in [2.24, 2.45) is 0 Å². The van der Waals surface area contributed by atoms with Crippen LogP contribution in [0.2, 0.25) is 0 Å². The summed E-state index contributed by atoms with van der Waals surface area (Å²) in [5, 5.41) is 3.03. The third-order valence-electron chi connectivity index (χ3n) is 2.16. The van der Waals surface area contributed by atoms with Crippen LogP contribution in [0.15, 0.2) is 30.3 Å². The Balaban J connectivity index is 2.05. The fraction of sp³-hybridized carbons (Fsp3) is 0.417. The van der Waals surface area contributed by atoms with Crippen molar-refractivity contribution in [2.75, 3.05) is 20.2 Å². The number of hydrogen-bond donors (Lipinski definition) is 1. The number of benzene rings is 1. The molecule has 3 nitrogen and oxygen atoms in total. The number of aryl methyl sites for hydroxylation is 1. The summed E-state index contributed by atoms with van der Waals surface area (Å²) in [4.78, 5) is 10.8. The minimum Gasteiger partial charge on any atom is -0.468 e. The van der Waals surface area contributed by atoms with Gasteiger partial charge in [0.25, 0.3) is 0 Å². The lowest BCUT2D eigenvalue weighted by Gasteiger charge is -2.03. The van der Waals surface area contributed by atoms with Gasteiger partial charge in [-0.2, -0.15) is 0 Å². The van der Waals surface area contributed by atoms with Crippen LogP contribution in [-0.4, -0.2) is 26.2 Å². The Kier molecular flexibility index (Phi) is 5.48. The van der Waals surface area contributed by atoms with Crippen molar-refractivity contribution in [1.29, 1.82) is 0 Å². The molecule has 1 aromatic rings. The average Bonchev–Trinajstić information content (AvgIpc) is 2.29. The van der Waals surface area contributed by atoms with Crippen molar-refractivity contribution < 1.29 is 9.53 Å². The zero-order chi connectivity index (χ0) is 10.9. The SMILES string of the molecule is COC(=O)CNCCCc1ccccc1. The Morgan fingerprint density at radius 2 is 2.07 bits per heavy atom. The Morgan fingerprint density at radius 1 is 1.33 bits per heavy atom. The Bertz CT molecular complexity index is 285. The molecule has 1 N–H and O–H groups in total. The standard InChI is InChI=1S/C12H17NO2/c1-15-12(14)10-13-9-5-8-11-6-3-2-4-7-11/h2-4,6-7,13H,5,8-10H2,1H3. The van der Waals surface area contributed by atoms with E-state index in [9.17, 15) is 4.79 Å². The minimum absolute atomic E-state index is 0.213. The number of nitrogens with one attached hydrogen (secondary N) is 1. The van der Waals surface area contributed by atoms with Crippen LogP contribution in [-0.2, 0) is 16.0 Å². The summed E-state index contributed by atoms with van der Waals surface area (Å²) in [6.07, 6.45) is 2.07. The van der Waals surface area contributed by atoms with Crippen LogP contribution >= 0.6 is 0 Å². The second-order valence-corrected chi connectivity index (χ2v) is 3.34. The third kappa shape index (κ3) is 5.18. The van der Waals surface area contributed by atoms with E-state index in [1.807, 2.05) is 18.2 Å². The zero-order valence-corrected chi connectivity index (χ0v) is 9.03. The number of hydrogen-bond acceptors (Lipinski definition) is 3. The van der Waals surface area contributed by atoms with E-state index in [-0.39, 0.29) is 5.97 Å². The molecule has 0 atom stereocenters. The van der Waals surface area contributed by atoms with Gasteiger partial charge in [0.1, 0.15) is 0 Å². The summed E-state index contributed by atoms with van der Waals surface area (Å²) in [5.41, 5.74) is 1.33. The van der Waals surface area contributed by atoms with Crippen molar-refractivity contribution in [1.82, 2.24) is 5.32 Å². The number of ether oxygens (including phenoxy) is 1. The molecule has 1 rings (SSSR count). The maximum Gasteiger partial charge on any atom is 0.319 e. The van der Waals surface area contributed by atoms with E-state index in [0.717, 1.165) is 19.4 Å². The molecular weight excluding hydrogens is 190 g/mol. The Morgan fingerprint density at radius 3 is 2.73 bits per heavy atom. The van der Waals surface area contributed by atoms with E-state index in [1.165, 1.54) is 12.7 Å². The highest BCUT2D eigenvalue weighted by Gasteiger charge is 1.97. The van der Waals surface area contributed by atoms with Crippen LogP contribution in [0.3, 0.4) is 0 Å². The van der Waals surface area contributed by atoms with Crippen molar-refractivity contribution in [3.05, 3.63) is 35.9 Å². The molecule has 0 radical (unpaired) electrons. The van der Waals surface area contributed by atoms with Gasteiger partial charge in [-0.3, -0.25) is 4.79 Å². The molecule has 0 amide bonds. The molecule has 3 heteroatoms.